The van der Waals surface area contributed by atoms with E-state index in [1.807, 2.05) is 98.5 Å². The largest absolute Gasteiger partial charge is 0.488 e. The molecule has 276 valence electrons. The first-order chi connectivity index (χ1) is 25.5. The summed E-state index contributed by atoms with van der Waals surface area (Å²) in [6.07, 6.45) is 1.96. The Morgan fingerprint density at radius 1 is 1.02 bits per heavy atom. The fourth-order valence-corrected chi connectivity index (χ4v) is 6.92. The van der Waals surface area contributed by atoms with Crippen molar-refractivity contribution in [3.05, 3.63) is 119 Å². The van der Waals surface area contributed by atoms with Gasteiger partial charge in [-0.05, 0) is 73.6 Å². The van der Waals surface area contributed by atoms with Crippen LogP contribution in [0.3, 0.4) is 0 Å². The van der Waals surface area contributed by atoms with Crippen LogP contribution in [0, 0.1) is 5.92 Å². The van der Waals surface area contributed by atoms with Crippen molar-refractivity contribution in [2.75, 3.05) is 43.1 Å². The summed E-state index contributed by atoms with van der Waals surface area (Å²) >= 11 is 0. The van der Waals surface area contributed by atoms with E-state index in [-0.39, 0.29) is 55.2 Å². The lowest BCUT2D eigenvalue weighted by Gasteiger charge is -2.34. The zero-order valence-electron chi connectivity index (χ0n) is 30.7. The zero-order chi connectivity index (χ0) is 37.6. The van der Waals surface area contributed by atoms with Crippen LogP contribution in [-0.4, -0.2) is 76.1 Å². The average Bonchev–Trinajstić information content (AvgIpc) is 3.47. The Balaban J connectivity index is 1.16. The molecule has 6 rings (SSSR count). The number of ether oxygens (including phenoxy) is 1. The van der Waals surface area contributed by atoms with Crippen LogP contribution >= 0.6 is 0 Å². The highest BCUT2D eigenvalue weighted by molar-refractivity contribution is 6.05. The molecule has 11 heteroatoms. The van der Waals surface area contributed by atoms with Crippen molar-refractivity contribution in [2.45, 2.75) is 45.4 Å². The smallest absolute Gasteiger partial charge is 0.255 e. The summed E-state index contributed by atoms with van der Waals surface area (Å²) in [4.78, 5) is 43.7. The molecule has 3 atom stereocenters. The summed E-state index contributed by atoms with van der Waals surface area (Å²) < 4.78 is 8.73. The highest BCUT2D eigenvalue weighted by Crippen LogP contribution is 2.30. The van der Waals surface area contributed by atoms with E-state index < -0.39 is 0 Å². The lowest BCUT2D eigenvalue weighted by molar-refractivity contribution is -0.134. The van der Waals surface area contributed by atoms with Gasteiger partial charge >= 0.3 is 0 Å². The molecule has 0 saturated heterocycles. The number of nitrogen functional groups attached to an aromatic ring is 1. The molecule has 0 saturated carbocycles. The van der Waals surface area contributed by atoms with Gasteiger partial charge in [0.2, 0.25) is 11.8 Å². The number of nitrogens with zero attached hydrogens (tertiary/aromatic N) is 3. The first-order valence-corrected chi connectivity index (χ1v) is 17.9. The number of aromatic nitrogens is 1. The molecule has 2 heterocycles. The highest BCUT2D eigenvalue weighted by atomic mass is 16.5. The number of carbonyl (C=O) groups excluding carboxylic acids is 3. The van der Waals surface area contributed by atoms with Crippen molar-refractivity contribution in [3.8, 4) is 5.75 Å². The number of carbonyl (C=O) groups is 3. The molecule has 0 aliphatic carbocycles. The first-order valence-electron chi connectivity index (χ1n) is 17.9. The zero-order valence-corrected chi connectivity index (χ0v) is 30.7. The number of aryl methyl sites for hydroxylation is 1. The topological polar surface area (TPSA) is 142 Å². The van der Waals surface area contributed by atoms with Crippen LogP contribution < -0.4 is 21.1 Å². The Morgan fingerprint density at radius 2 is 1.75 bits per heavy atom. The van der Waals surface area contributed by atoms with Gasteiger partial charge in [0.15, 0.2) is 0 Å². The van der Waals surface area contributed by atoms with Crippen LogP contribution in [0.1, 0.15) is 40.9 Å². The Kier molecular flexibility index (Phi) is 11.5. The lowest BCUT2D eigenvalue weighted by Crippen LogP contribution is -2.47. The van der Waals surface area contributed by atoms with Crippen molar-refractivity contribution in [2.24, 2.45) is 13.0 Å². The number of anilines is 3. The molecule has 1 aliphatic heterocycles. The number of hydrogen-bond acceptors (Lipinski definition) is 7. The number of fused-ring (bicyclic) bond motifs is 2. The molecular weight excluding hydrogens is 668 g/mol. The second kappa shape index (κ2) is 16.4. The van der Waals surface area contributed by atoms with E-state index in [0.717, 1.165) is 22.0 Å². The van der Waals surface area contributed by atoms with Gasteiger partial charge in [0.05, 0.1) is 36.9 Å². The van der Waals surface area contributed by atoms with E-state index in [9.17, 15) is 19.5 Å². The summed E-state index contributed by atoms with van der Waals surface area (Å²) in [6.45, 7) is 5.31. The molecule has 5 aromatic rings. The number of para-hydroxylation sites is 3. The SMILES string of the molecule is C[C@H](CO)N1C[C@H](C)[C@@H](CN(C)Cc2ccc(C(=O)Nc3ccccc3N)cc2)Oc2ccc(NC(=O)Cc3cn(C)c4ccccc34)cc2CC1=O. The van der Waals surface area contributed by atoms with Crippen molar-refractivity contribution >= 4 is 45.7 Å². The number of benzene rings is 4. The highest BCUT2D eigenvalue weighted by Gasteiger charge is 2.31. The van der Waals surface area contributed by atoms with Gasteiger partial charge < -0.3 is 35.7 Å². The summed E-state index contributed by atoms with van der Waals surface area (Å²) in [5.74, 6) is 0.00454. The Labute approximate surface area is 310 Å². The number of rotatable bonds is 11. The number of hydrogen-bond donors (Lipinski definition) is 4. The van der Waals surface area contributed by atoms with E-state index in [0.29, 0.717) is 53.6 Å². The molecule has 53 heavy (non-hydrogen) atoms. The van der Waals surface area contributed by atoms with Crippen LogP contribution in [0.4, 0.5) is 17.1 Å². The number of nitrogens with two attached hydrogens (primary N) is 1. The molecule has 5 N–H and O–H groups in total. The molecule has 0 bridgehead atoms. The van der Waals surface area contributed by atoms with Crippen molar-refractivity contribution in [3.63, 3.8) is 0 Å². The van der Waals surface area contributed by atoms with Crippen molar-refractivity contribution in [1.82, 2.24) is 14.4 Å². The molecule has 11 nitrogen and oxygen atoms in total. The predicted octanol–water partition coefficient (Wildman–Crippen LogP) is 5.48. The number of likely N-dealkylation sites (N-methyl/N-ethyl adjacent to an activating group) is 1. The third-order valence-corrected chi connectivity index (χ3v) is 9.90. The molecule has 1 aromatic heterocycles. The van der Waals surface area contributed by atoms with Gasteiger partial charge in [-0.2, -0.15) is 0 Å². The van der Waals surface area contributed by atoms with Gasteiger partial charge in [-0.3, -0.25) is 19.3 Å². The van der Waals surface area contributed by atoms with Gasteiger partial charge in [0.25, 0.3) is 5.91 Å². The first kappa shape index (κ1) is 37.1. The van der Waals surface area contributed by atoms with E-state index in [1.165, 1.54) is 0 Å². The van der Waals surface area contributed by atoms with Gasteiger partial charge in [0.1, 0.15) is 11.9 Å². The molecule has 4 aromatic carbocycles. The number of amides is 3. The fraction of sp³-hybridized carbons (Fsp3) is 0.310. The summed E-state index contributed by atoms with van der Waals surface area (Å²) in [6, 6.07) is 27.7. The number of aliphatic hydroxyl groups excluding tert-OH is 1. The van der Waals surface area contributed by atoms with Crippen LogP contribution in [-0.2, 0) is 36.0 Å². The summed E-state index contributed by atoms with van der Waals surface area (Å²) in [5.41, 5.74) is 11.9. The van der Waals surface area contributed by atoms with Crippen LogP contribution in [0.5, 0.6) is 5.75 Å². The Hall–Kier alpha value is -5.65. The monoisotopic (exact) mass is 716 g/mol. The van der Waals surface area contributed by atoms with Gasteiger partial charge in [0, 0.05) is 66.5 Å². The average molecular weight is 717 g/mol. The molecule has 0 radical (unpaired) electrons. The van der Waals surface area contributed by atoms with E-state index in [4.69, 9.17) is 10.5 Å². The lowest BCUT2D eigenvalue weighted by atomic mass is 10.0. The van der Waals surface area contributed by atoms with Gasteiger partial charge in [-0.1, -0.05) is 49.4 Å². The number of nitrogens with one attached hydrogen (secondary N) is 2. The van der Waals surface area contributed by atoms with Crippen LogP contribution in [0.25, 0.3) is 10.9 Å². The molecule has 0 fully saturated rings. The molecule has 0 unspecified atom stereocenters. The van der Waals surface area contributed by atoms with Crippen molar-refractivity contribution < 1.29 is 24.2 Å². The normalized spacial score (nSPS) is 16.6. The summed E-state index contributed by atoms with van der Waals surface area (Å²) in [5, 5.41) is 17.0. The van der Waals surface area contributed by atoms with Crippen LogP contribution in [0.15, 0.2) is 97.2 Å². The standard InChI is InChI=1S/C42H48N6O5/c1-27-22-48(28(2)26-49)41(51)21-31-19-33(44-40(50)20-32-24-47(4)37-12-8-5-9-34(32)37)17-18-38(31)53-39(27)25-46(3)23-29-13-15-30(16-14-29)42(52)45-36-11-7-6-10-35(36)43/h5-19,24,27-28,39,49H,20-23,25-26,43H2,1-4H3,(H,44,50)(H,45,52)/t27-,28+,39+/m0/s1. The minimum Gasteiger partial charge on any atom is -0.488 e. The molecular formula is C42H48N6O5. The van der Waals surface area contributed by atoms with Crippen molar-refractivity contribution in [1.29, 1.82) is 0 Å². The van der Waals surface area contributed by atoms with Crippen LogP contribution in [0.2, 0.25) is 0 Å². The predicted molar refractivity (Wildman–Crippen MR) is 209 cm³/mol. The maximum atomic E-state index is 13.7. The van der Waals surface area contributed by atoms with E-state index in [2.05, 4.69) is 22.5 Å². The second-order valence-electron chi connectivity index (χ2n) is 14.2. The maximum Gasteiger partial charge on any atom is 0.255 e. The van der Waals surface area contributed by atoms with E-state index in [1.54, 1.807) is 29.2 Å². The van der Waals surface area contributed by atoms with Gasteiger partial charge in [-0.25, -0.2) is 0 Å². The Morgan fingerprint density at radius 3 is 2.51 bits per heavy atom. The molecule has 1 aliphatic rings. The third-order valence-electron chi connectivity index (χ3n) is 9.90. The summed E-state index contributed by atoms with van der Waals surface area (Å²) in [7, 11) is 3.98. The number of aliphatic hydroxyl groups is 1. The molecule has 3 amide bonds. The minimum atomic E-state index is -0.373. The van der Waals surface area contributed by atoms with E-state index >= 15 is 0 Å². The molecule has 0 spiro atoms. The fourth-order valence-electron chi connectivity index (χ4n) is 6.92. The maximum absolute atomic E-state index is 13.7. The minimum absolute atomic E-state index is 0.0682. The Bertz CT molecular complexity index is 2090. The van der Waals surface area contributed by atoms with Gasteiger partial charge in [-0.15, -0.1) is 0 Å². The quantitative estimate of drug-likeness (QED) is 0.133. The third kappa shape index (κ3) is 8.88. The second-order valence-corrected chi connectivity index (χ2v) is 14.2.